The molecule has 2 atom stereocenters. The van der Waals surface area contributed by atoms with Crippen LogP contribution in [-0.4, -0.2) is 77.0 Å². The van der Waals surface area contributed by atoms with Crippen molar-refractivity contribution in [1.29, 1.82) is 0 Å². The Hall–Kier alpha value is -4.93. The molecule has 1 aromatic heterocycles. The van der Waals surface area contributed by atoms with Crippen molar-refractivity contribution in [2.75, 3.05) is 42.6 Å². The smallest absolute Gasteiger partial charge is 0.487 e. The second kappa shape index (κ2) is 13.4. The van der Waals surface area contributed by atoms with E-state index in [1.54, 1.807) is 9.47 Å². The predicted molar refractivity (Wildman–Crippen MR) is 172 cm³/mol. The van der Waals surface area contributed by atoms with Gasteiger partial charge in [0.25, 0.3) is 0 Å². The Kier molecular flexibility index (Phi) is 9.37. The molecule has 3 aromatic rings. The van der Waals surface area contributed by atoms with Crippen molar-refractivity contribution >= 4 is 48.0 Å². The standard InChI is InChI=1S/C31H32F2N5O11P/c1-17(39)34-13-20-14-38(30(43)48-20)19-4-5-27(24(33)10-19)47-16-31(49-50(45,46)35-44)6-8-36(9-7-31)26-12-25-21(11-23(26)32)28(40)22(29(41)42)15-37(25)18-2-3-18/h4-5,10-12,15,18,20H,2-3,6-9,13-14,16H2,1H3,(H,34,39)(H,41,42)(H,45,46). The van der Waals surface area contributed by atoms with Crippen LogP contribution in [0.4, 0.5) is 25.0 Å². The highest BCUT2D eigenvalue weighted by atomic mass is 31.2. The van der Waals surface area contributed by atoms with Crippen LogP contribution in [0.1, 0.15) is 49.0 Å². The number of amides is 2. The zero-order valence-corrected chi connectivity index (χ0v) is 27.4. The van der Waals surface area contributed by atoms with Crippen molar-refractivity contribution in [2.45, 2.75) is 50.4 Å². The Morgan fingerprint density at radius 1 is 1.14 bits per heavy atom. The fraction of sp³-hybridized carbons (Fsp3) is 0.419. The molecule has 16 nitrogen and oxygen atoms in total. The number of carboxylic acids is 1. The molecular formula is C31H32F2N5O11P. The summed E-state index contributed by atoms with van der Waals surface area (Å²) < 4.78 is 60.9. The zero-order valence-electron chi connectivity index (χ0n) is 26.5. The molecule has 3 fully saturated rings. The minimum atomic E-state index is -5.02. The molecule has 3 aliphatic rings. The Morgan fingerprint density at radius 2 is 1.86 bits per heavy atom. The van der Waals surface area contributed by atoms with Crippen LogP contribution >= 0.6 is 7.75 Å². The summed E-state index contributed by atoms with van der Waals surface area (Å²) in [7, 11) is -5.02. The second-order valence-electron chi connectivity index (χ2n) is 12.4. The molecule has 6 rings (SSSR count). The number of fused-ring (bicyclic) bond motifs is 1. The van der Waals surface area contributed by atoms with Gasteiger partial charge < -0.3 is 34.3 Å². The largest absolute Gasteiger partial charge is 0.487 e. The second-order valence-corrected chi connectivity index (χ2v) is 13.8. The first-order valence-electron chi connectivity index (χ1n) is 15.6. The van der Waals surface area contributed by atoms with E-state index in [1.165, 1.54) is 36.2 Å². The maximum absolute atomic E-state index is 15.5. The number of carbonyl (C=O) groups is 3. The number of nitroso groups, excluding NO2 is 1. The fourth-order valence-corrected chi connectivity index (χ4v) is 6.95. The maximum atomic E-state index is 15.5. The summed E-state index contributed by atoms with van der Waals surface area (Å²) in [4.78, 5) is 74.2. The number of hydrogen-bond donors (Lipinski definition) is 3. The van der Waals surface area contributed by atoms with Crippen molar-refractivity contribution in [3.63, 3.8) is 0 Å². The highest BCUT2D eigenvalue weighted by Gasteiger charge is 2.44. The van der Waals surface area contributed by atoms with Gasteiger partial charge in [-0.15, -0.1) is 4.91 Å². The summed E-state index contributed by atoms with van der Waals surface area (Å²) >= 11 is 0. The number of anilines is 2. The number of pyridine rings is 1. The van der Waals surface area contributed by atoms with E-state index in [9.17, 15) is 38.7 Å². The minimum Gasteiger partial charge on any atom is -0.487 e. The van der Waals surface area contributed by atoms with Crippen LogP contribution in [0.2, 0.25) is 0 Å². The van der Waals surface area contributed by atoms with E-state index in [0.717, 1.165) is 25.0 Å². The molecule has 0 radical (unpaired) electrons. The Balaban J connectivity index is 1.20. The molecule has 2 amide bonds. The maximum Gasteiger partial charge on any atom is 0.487 e. The summed E-state index contributed by atoms with van der Waals surface area (Å²) in [6.45, 7) is 0.939. The lowest BCUT2D eigenvalue weighted by Crippen LogP contribution is -2.49. The molecule has 0 spiro atoms. The number of aromatic nitrogens is 1. The van der Waals surface area contributed by atoms with E-state index in [1.807, 2.05) is 0 Å². The summed E-state index contributed by atoms with van der Waals surface area (Å²) in [5, 5.41) is 12.0. The van der Waals surface area contributed by atoms with Crippen LogP contribution in [0, 0.1) is 16.5 Å². The summed E-state index contributed by atoms with van der Waals surface area (Å²) in [5.41, 5.74) is -2.33. The molecule has 3 heterocycles. The van der Waals surface area contributed by atoms with Crippen LogP contribution in [0.15, 0.2) is 46.3 Å². The third-order valence-corrected chi connectivity index (χ3v) is 9.70. The van der Waals surface area contributed by atoms with Crippen molar-refractivity contribution in [3.05, 3.63) is 68.9 Å². The summed E-state index contributed by atoms with van der Waals surface area (Å²) in [6, 6.07) is 6.06. The first-order valence-corrected chi connectivity index (χ1v) is 17.1. The molecule has 266 valence electrons. The highest BCUT2D eigenvalue weighted by Crippen LogP contribution is 2.50. The number of ether oxygens (including phenoxy) is 2. The van der Waals surface area contributed by atoms with Crippen molar-refractivity contribution < 1.29 is 51.7 Å². The average Bonchev–Trinajstić information content (AvgIpc) is 3.84. The van der Waals surface area contributed by atoms with Crippen LogP contribution in [0.5, 0.6) is 5.75 Å². The van der Waals surface area contributed by atoms with Crippen molar-refractivity contribution in [2.24, 2.45) is 4.95 Å². The van der Waals surface area contributed by atoms with Gasteiger partial charge in [0.1, 0.15) is 29.7 Å². The Morgan fingerprint density at radius 3 is 2.48 bits per heavy atom. The number of benzene rings is 2. The topological polar surface area (TPSA) is 206 Å². The quantitative estimate of drug-likeness (QED) is 0.179. The number of cyclic esters (lactones) is 1. The molecule has 1 aliphatic carbocycles. The van der Waals surface area contributed by atoms with E-state index < -0.39 is 60.7 Å². The lowest BCUT2D eigenvalue weighted by atomic mass is 9.92. The van der Waals surface area contributed by atoms with Crippen LogP contribution in [0.25, 0.3) is 10.9 Å². The predicted octanol–water partition coefficient (Wildman–Crippen LogP) is 4.08. The number of aromatic carboxylic acids is 1. The molecular weight excluding hydrogens is 687 g/mol. The summed E-state index contributed by atoms with van der Waals surface area (Å²) in [5.74, 6) is -3.71. The van der Waals surface area contributed by atoms with Gasteiger partial charge in [-0.2, -0.15) is 0 Å². The van der Waals surface area contributed by atoms with Crippen LogP contribution in [-0.2, 0) is 18.6 Å². The molecule has 1 saturated carbocycles. The fourth-order valence-electron chi connectivity index (χ4n) is 6.17. The summed E-state index contributed by atoms with van der Waals surface area (Å²) in [6.07, 6.45) is 1.18. The number of carboxylic acid groups (broad SMARTS) is 1. The molecule has 3 N–H and O–H groups in total. The van der Waals surface area contributed by atoms with Crippen molar-refractivity contribution in [1.82, 2.24) is 9.88 Å². The van der Waals surface area contributed by atoms with E-state index in [-0.39, 0.29) is 73.5 Å². The molecule has 0 bridgehead atoms. The normalized spacial score (nSPS) is 19.9. The number of hydrogen-bond acceptors (Lipinski definition) is 10. The Labute approximate surface area is 282 Å². The van der Waals surface area contributed by atoms with E-state index in [0.29, 0.717) is 5.52 Å². The number of halogens is 2. The lowest BCUT2D eigenvalue weighted by molar-refractivity contribution is -0.119. The number of nitrogens with one attached hydrogen (secondary N) is 1. The average molecular weight is 720 g/mol. The number of nitrogens with zero attached hydrogens (tertiary/aromatic N) is 4. The molecule has 50 heavy (non-hydrogen) atoms. The van der Waals surface area contributed by atoms with Gasteiger partial charge in [-0.3, -0.25) is 19.0 Å². The van der Waals surface area contributed by atoms with Gasteiger partial charge >= 0.3 is 19.8 Å². The van der Waals surface area contributed by atoms with Gasteiger partial charge in [0.05, 0.1) is 30.0 Å². The monoisotopic (exact) mass is 719 g/mol. The molecule has 2 unspecified atom stereocenters. The number of rotatable bonds is 12. The van der Waals surface area contributed by atoms with Gasteiger partial charge in [-0.1, -0.05) is 0 Å². The minimum absolute atomic E-state index is 0.00363. The third kappa shape index (κ3) is 7.18. The van der Waals surface area contributed by atoms with Gasteiger partial charge in [0, 0.05) is 48.7 Å². The molecule has 2 saturated heterocycles. The number of piperidine rings is 1. The Bertz CT molecular complexity index is 2000. The van der Waals surface area contributed by atoms with Gasteiger partial charge in [0.15, 0.2) is 11.6 Å². The van der Waals surface area contributed by atoms with Crippen LogP contribution in [0.3, 0.4) is 0 Å². The molecule has 2 aromatic carbocycles. The first kappa shape index (κ1) is 34.9. The highest BCUT2D eigenvalue weighted by molar-refractivity contribution is 7.51. The third-order valence-electron chi connectivity index (χ3n) is 8.87. The molecule has 2 aliphatic heterocycles. The SMILES string of the molecule is CC(=O)NCC1CN(c2ccc(OCC3(OP(=O)(O)N=O)CCN(c4cc5c(cc4F)c(=O)c(C(=O)O)cn5C4CC4)CC3)c(F)c2)C(=O)O1. The van der Waals surface area contributed by atoms with E-state index in [2.05, 4.69) is 10.3 Å². The number of carbonyl (C=O) groups excluding carboxylic acids is 2. The van der Waals surface area contributed by atoms with Crippen LogP contribution < -0.4 is 25.3 Å². The molecule has 19 heteroatoms. The lowest BCUT2D eigenvalue weighted by Gasteiger charge is -2.41. The zero-order chi connectivity index (χ0) is 36.0. The first-order chi connectivity index (χ1) is 23.7. The van der Waals surface area contributed by atoms with E-state index in [4.69, 9.17) is 14.0 Å². The van der Waals surface area contributed by atoms with Gasteiger partial charge in [-0.25, -0.2) is 22.9 Å². The van der Waals surface area contributed by atoms with Crippen molar-refractivity contribution in [3.8, 4) is 5.75 Å². The van der Waals surface area contributed by atoms with Gasteiger partial charge in [-0.05, 0) is 49.9 Å². The van der Waals surface area contributed by atoms with E-state index >= 15 is 8.78 Å². The van der Waals surface area contributed by atoms with Gasteiger partial charge in [0.2, 0.25) is 11.3 Å².